The number of rotatable bonds is 3. The molecule has 1 atom stereocenters. The van der Waals surface area contributed by atoms with Crippen LogP contribution in [0.5, 0.6) is 0 Å². The maximum atomic E-state index is 3.65. The first-order chi connectivity index (χ1) is 7.81. The molecule has 1 aromatic carbocycles. The third-order valence-electron chi connectivity index (χ3n) is 3.67. The Morgan fingerprint density at radius 1 is 1.25 bits per heavy atom. The van der Waals surface area contributed by atoms with Crippen molar-refractivity contribution in [2.24, 2.45) is 0 Å². The topological polar surface area (TPSA) is 15.3 Å². The van der Waals surface area contributed by atoms with Crippen LogP contribution in [0.25, 0.3) is 0 Å². The van der Waals surface area contributed by atoms with Gasteiger partial charge in [0.1, 0.15) is 0 Å². The molecule has 0 amide bonds. The summed E-state index contributed by atoms with van der Waals surface area (Å²) >= 11 is 0. The zero-order valence-electron chi connectivity index (χ0n) is 9.95. The van der Waals surface area contributed by atoms with Gasteiger partial charge in [0, 0.05) is 30.9 Å². The molecular weight excluding hydrogens is 196 g/mol. The van der Waals surface area contributed by atoms with Crippen LogP contribution in [-0.4, -0.2) is 30.1 Å². The molecule has 1 saturated carbocycles. The van der Waals surface area contributed by atoms with Crippen LogP contribution in [0.2, 0.25) is 0 Å². The second kappa shape index (κ2) is 4.10. The molecule has 86 valence electrons. The van der Waals surface area contributed by atoms with Gasteiger partial charge in [-0.1, -0.05) is 12.1 Å². The highest BCUT2D eigenvalue weighted by atomic mass is 15.2. The van der Waals surface area contributed by atoms with Crippen molar-refractivity contribution in [1.29, 1.82) is 0 Å². The standard InChI is InChI=1S/C14H20N2/c1-11-3-2-4-12(9-11)15-13-7-8-16(10-13)14-5-6-14/h2-4,9,13-15H,5-8,10H2,1H3. The lowest BCUT2D eigenvalue weighted by Crippen LogP contribution is -2.27. The Hall–Kier alpha value is -1.02. The van der Waals surface area contributed by atoms with Gasteiger partial charge in [-0.15, -0.1) is 0 Å². The fourth-order valence-electron chi connectivity index (χ4n) is 2.65. The van der Waals surface area contributed by atoms with Gasteiger partial charge < -0.3 is 5.32 Å². The summed E-state index contributed by atoms with van der Waals surface area (Å²) in [5.41, 5.74) is 2.62. The minimum absolute atomic E-state index is 0.655. The number of anilines is 1. The lowest BCUT2D eigenvalue weighted by molar-refractivity contribution is 0.326. The fourth-order valence-corrected chi connectivity index (χ4v) is 2.65. The highest BCUT2D eigenvalue weighted by molar-refractivity contribution is 5.46. The van der Waals surface area contributed by atoms with Crippen LogP contribution in [0.3, 0.4) is 0 Å². The van der Waals surface area contributed by atoms with Crippen LogP contribution in [0.4, 0.5) is 5.69 Å². The first-order valence-electron chi connectivity index (χ1n) is 6.38. The van der Waals surface area contributed by atoms with E-state index in [4.69, 9.17) is 0 Å². The summed E-state index contributed by atoms with van der Waals surface area (Å²) in [5, 5.41) is 3.65. The Labute approximate surface area is 97.6 Å². The second-order valence-corrected chi connectivity index (χ2v) is 5.23. The van der Waals surface area contributed by atoms with Crippen molar-refractivity contribution in [3.05, 3.63) is 29.8 Å². The first-order valence-corrected chi connectivity index (χ1v) is 6.38. The lowest BCUT2D eigenvalue weighted by atomic mass is 10.2. The predicted octanol–water partition coefficient (Wildman–Crippen LogP) is 2.64. The fraction of sp³-hybridized carbons (Fsp3) is 0.571. The van der Waals surface area contributed by atoms with E-state index >= 15 is 0 Å². The molecule has 2 heteroatoms. The molecule has 2 nitrogen and oxygen atoms in total. The van der Waals surface area contributed by atoms with Crippen LogP contribution in [0.15, 0.2) is 24.3 Å². The van der Waals surface area contributed by atoms with Crippen LogP contribution in [0.1, 0.15) is 24.8 Å². The minimum atomic E-state index is 0.655. The molecule has 1 N–H and O–H groups in total. The molecule has 1 saturated heterocycles. The van der Waals surface area contributed by atoms with E-state index in [2.05, 4.69) is 41.4 Å². The van der Waals surface area contributed by atoms with Gasteiger partial charge in [0.05, 0.1) is 0 Å². The average Bonchev–Trinajstić information content (AvgIpc) is 3.01. The largest absolute Gasteiger partial charge is 0.381 e. The van der Waals surface area contributed by atoms with Crippen molar-refractivity contribution >= 4 is 5.69 Å². The van der Waals surface area contributed by atoms with Gasteiger partial charge in [-0.2, -0.15) is 0 Å². The summed E-state index contributed by atoms with van der Waals surface area (Å²) in [6.07, 6.45) is 4.15. The summed E-state index contributed by atoms with van der Waals surface area (Å²) in [6.45, 7) is 4.67. The number of benzene rings is 1. The first kappa shape index (κ1) is 10.2. The van der Waals surface area contributed by atoms with Crippen molar-refractivity contribution < 1.29 is 0 Å². The Balaban J connectivity index is 1.59. The molecule has 0 radical (unpaired) electrons. The zero-order chi connectivity index (χ0) is 11.0. The number of nitrogens with one attached hydrogen (secondary N) is 1. The van der Waals surface area contributed by atoms with Gasteiger partial charge in [-0.3, -0.25) is 4.90 Å². The van der Waals surface area contributed by atoms with E-state index < -0.39 is 0 Å². The molecule has 0 spiro atoms. The zero-order valence-corrected chi connectivity index (χ0v) is 9.95. The van der Waals surface area contributed by atoms with Crippen molar-refractivity contribution in [3.63, 3.8) is 0 Å². The molecule has 1 unspecified atom stereocenters. The molecular formula is C14H20N2. The molecule has 1 aromatic rings. The summed E-state index contributed by atoms with van der Waals surface area (Å²) in [5.74, 6) is 0. The number of hydrogen-bond acceptors (Lipinski definition) is 2. The number of nitrogens with zero attached hydrogens (tertiary/aromatic N) is 1. The van der Waals surface area contributed by atoms with E-state index in [1.165, 1.54) is 43.6 Å². The maximum absolute atomic E-state index is 3.65. The number of aryl methyl sites for hydroxylation is 1. The van der Waals surface area contributed by atoms with Gasteiger partial charge in [0.25, 0.3) is 0 Å². The molecule has 3 rings (SSSR count). The third-order valence-corrected chi connectivity index (χ3v) is 3.67. The summed E-state index contributed by atoms with van der Waals surface area (Å²) in [6, 6.07) is 10.3. The molecule has 2 fully saturated rings. The van der Waals surface area contributed by atoms with Crippen LogP contribution >= 0.6 is 0 Å². The van der Waals surface area contributed by atoms with E-state index in [1.807, 2.05) is 0 Å². The van der Waals surface area contributed by atoms with Crippen molar-refractivity contribution in [3.8, 4) is 0 Å². The quantitative estimate of drug-likeness (QED) is 0.835. The van der Waals surface area contributed by atoms with E-state index in [0.717, 1.165) is 6.04 Å². The lowest BCUT2D eigenvalue weighted by Gasteiger charge is -2.16. The molecule has 2 aliphatic rings. The van der Waals surface area contributed by atoms with Gasteiger partial charge in [0.2, 0.25) is 0 Å². The van der Waals surface area contributed by atoms with E-state index in [-0.39, 0.29) is 0 Å². The van der Waals surface area contributed by atoms with Gasteiger partial charge in [-0.25, -0.2) is 0 Å². The maximum Gasteiger partial charge on any atom is 0.0400 e. The number of likely N-dealkylation sites (tertiary alicyclic amines) is 1. The van der Waals surface area contributed by atoms with Crippen LogP contribution < -0.4 is 5.32 Å². The highest BCUT2D eigenvalue weighted by Crippen LogP contribution is 2.30. The van der Waals surface area contributed by atoms with Gasteiger partial charge >= 0.3 is 0 Å². The summed E-state index contributed by atoms with van der Waals surface area (Å²) < 4.78 is 0. The molecule has 0 aromatic heterocycles. The predicted molar refractivity (Wildman–Crippen MR) is 67.8 cm³/mol. The summed E-state index contributed by atoms with van der Waals surface area (Å²) in [4.78, 5) is 2.65. The normalized spacial score (nSPS) is 25.9. The molecule has 1 aliphatic carbocycles. The summed E-state index contributed by atoms with van der Waals surface area (Å²) in [7, 11) is 0. The minimum Gasteiger partial charge on any atom is -0.381 e. The van der Waals surface area contributed by atoms with Crippen molar-refractivity contribution in [2.45, 2.75) is 38.3 Å². The van der Waals surface area contributed by atoms with Crippen LogP contribution in [-0.2, 0) is 0 Å². The molecule has 1 aliphatic heterocycles. The van der Waals surface area contributed by atoms with Gasteiger partial charge in [-0.05, 0) is 43.9 Å². The third kappa shape index (κ3) is 2.22. The Morgan fingerprint density at radius 3 is 2.88 bits per heavy atom. The van der Waals surface area contributed by atoms with E-state index in [0.29, 0.717) is 6.04 Å². The Bertz CT molecular complexity index is 371. The van der Waals surface area contributed by atoms with Crippen molar-refractivity contribution in [1.82, 2.24) is 4.90 Å². The average molecular weight is 216 g/mol. The molecule has 16 heavy (non-hydrogen) atoms. The van der Waals surface area contributed by atoms with Gasteiger partial charge in [0.15, 0.2) is 0 Å². The second-order valence-electron chi connectivity index (χ2n) is 5.23. The molecule has 0 bridgehead atoms. The van der Waals surface area contributed by atoms with E-state index in [9.17, 15) is 0 Å². The van der Waals surface area contributed by atoms with Crippen molar-refractivity contribution in [2.75, 3.05) is 18.4 Å². The van der Waals surface area contributed by atoms with E-state index in [1.54, 1.807) is 0 Å². The molecule has 1 heterocycles. The smallest absolute Gasteiger partial charge is 0.0400 e. The Morgan fingerprint density at radius 2 is 2.12 bits per heavy atom. The SMILES string of the molecule is Cc1cccc(NC2CCN(C3CC3)C2)c1. The monoisotopic (exact) mass is 216 g/mol. The van der Waals surface area contributed by atoms with Crippen LogP contribution in [0, 0.1) is 6.92 Å². The highest BCUT2D eigenvalue weighted by Gasteiger charge is 2.34. The Kier molecular flexibility index (Phi) is 2.60. The number of hydrogen-bond donors (Lipinski definition) is 1.